The summed E-state index contributed by atoms with van der Waals surface area (Å²) in [5.41, 5.74) is 0. The number of anilines is 1. The van der Waals surface area contributed by atoms with Crippen LogP contribution in [0.4, 0.5) is 5.13 Å². The van der Waals surface area contributed by atoms with E-state index in [0.717, 1.165) is 30.7 Å². The van der Waals surface area contributed by atoms with Crippen LogP contribution in [-0.2, 0) is 6.54 Å². The van der Waals surface area contributed by atoms with Crippen LogP contribution in [0.2, 0.25) is 0 Å². The van der Waals surface area contributed by atoms with E-state index >= 15 is 0 Å². The Morgan fingerprint density at radius 3 is 3.17 bits per heavy atom. The fourth-order valence-corrected chi connectivity index (χ4v) is 3.33. The van der Waals surface area contributed by atoms with Gasteiger partial charge >= 0.3 is 0 Å². The first-order chi connectivity index (χ1) is 8.79. The molecular formula is C14H25N3S. The van der Waals surface area contributed by atoms with Gasteiger partial charge in [-0.3, -0.25) is 4.90 Å². The van der Waals surface area contributed by atoms with Crippen LogP contribution in [0.25, 0.3) is 0 Å². The number of nitrogens with zero attached hydrogens (tertiary/aromatic N) is 2. The summed E-state index contributed by atoms with van der Waals surface area (Å²) >= 11 is 1.81. The van der Waals surface area contributed by atoms with Crippen LogP contribution in [0, 0.1) is 0 Å². The zero-order chi connectivity index (χ0) is 12.8. The minimum absolute atomic E-state index is 0.724. The predicted octanol–water partition coefficient (Wildman–Crippen LogP) is 3.73. The molecule has 1 fully saturated rings. The molecular weight excluding hydrogens is 242 g/mol. The molecule has 0 bridgehead atoms. The molecule has 0 aromatic carbocycles. The Morgan fingerprint density at radius 1 is 1.44 bits per heavy atom. The Hall–Kier alpha value is -0.610. The number of hydrogen-bond donors (Lipinski definition) is 1. The van der Waals surface area contributed by atoms with Crippen molar-refractivity contribution in [2.24, 2.45) is 0 Å². The molecule has 0 aliphatic carbocycles. The summed E-state index contributed by atoms with van der Waals surface area (Å²) in [6.07, 6.45) is 8.68. The maximum absolute atomic E-state index is 4.45. The van der Waals surface area contributed by atoms with E-state index in [4.69, 9.17) is 0 Å². The Labute approximate surface area is 115 Å². The largest absolute Gasteiger partial charge is 0.362 e. The summed E-state index contributed by atoms with van der Waals surface area (Å²) in [6.45, 7) is 7.89. The van der Waals surface area contributed by atoms with Crippen molar-refractivity contribution < 1.29 is 0 Å². The number of rotatable bonds is 5. The highest BCUT2D eigenvalue weighted by Gasteiger charge is 2.17. The molecule has 2 heterocycles. The van der Waals surface area contributed by atoms with Crippen molar-refractivity contribution in [1.29, 1.82) is 0 Å². The lowest BCUT2D eigenvalue weighted by molar-refractivity contribution is 0.206. The quantitative estimate of drug-likeness (QED) is 0.881. The Bertz CT molecular complexity index is 351. The van der Waals surface area contributed by atoms with Crippen molar-refractivity contribution >= 4 is 16.5 Å². The molecule has 4 heteroatoms. The first kappa shape index (κ1) is 13.8. The minimum atomic E-state index is 0.724. The van der Waals surface area contributed by atoms with Crippen molar-refractivity contribution in [1.82, 2.24) is 9.88 Å². The highest BCUT2D eigenvalue weighted by molar-refractivity contribution is 7.15. The van der Waals surface area contributed by atoms with Crippen molar-refractivity contribution in [3.63, 3.8) is 0 Å². The molecule has 1 saturated heterocycles. The number of likely N-dealkylation sites (tertiary alicyclic amines) is 1. The van der Waals surface area contributed by atoms with Crippen molar-refractivity contribution in [2.75, 3.05) is 18.4 Å². The molecule has 1 aromatic rings. The molecule has 0 saturated carbocycles. The van der Waals surface area contributed by atoms with Gasteiger partial charge in [0, 0.05) is 30.2 Å². The third kappa shape index (κ3) is 3.95. The first-order valence-corrected chi connectivity index (χ1v) is 8.04. The number of thiazole rings is 1. The van der Waals surface area contributed by atoms with Gasteiger partial charge in [-0.25, -0.2) is 4.98 Å². The summed E-state index contributed by atoms with van der Waals surface area (Å²) in [4.78, 5) is 8.45. The maximum atomic E-state index is 4.45. The van der Waals surface area contributed by atoms with Crippen molar-refractivity contribution in [3.8, 4) is 0 Å². The smallest absolute Gasteiger partial charge is 0.182 e. The predicted molar refractivity (Wildman–Crippen MR) is 79.2 cm³/mol. The molecule has 0 radical (unpaired) electrons. The second kappa shape index (κ2) is 7.10. The fourth-order valence-electron chi connectivity index (χ4n) is 2.46. The standard InChI is InChI=1S/C14H25N3S/c1-3-8-15-14-16-10-13(18-14)11-17-9-6-4-5-7-12(17)2/h10,12H,3-9,11H2,1-2H3,(H,15,16). The average Bonchev–Trinajstić information content (AvgIpc) is 2.72. The van der Waals surface area contributed by atoms with E-state index in [9.17, 15) is 0 Å². The molecule has 18 heavy (non-hydrogen) atoms. The molecule has 3 nitrogen and oxygen atoms in total. The molecule has 1 aromatic heterocycles. The van der Waals surface area contributed by atoms with Gasteiger partial charge in [-0.15, -0.1) is 11.3 Å². The van der Waals surface area contributed by atoms with Gasteiger partial charge in [0.1, 0.15) is 0 Å². The molecule has 2 rings (SSSR count). The highest BCUT2D eigenvalue weighted by atomic mass is 32.1. The molecule has 1 atom stereocenters. The summed E-state index contributed by atoms with van der Waals surface area (Å²) < 4.78 is 0. The number of aromatic nitrogens is 1. The second-order valence-corrected chi connectivity index (χ2v) is 6.34. The van der Waals surface area contributed by atoms with Gasteiger partial charge in [0.25, 0.3) is 0 Å². The third-order valence-electron chi connectivity index (χ3n) is 3.63. The van der Waals surface area contributed by atoms with Gasteiger partial charge in [0.2, 0.25) is 0 Å². The monoisotopic (exact) mass is 267 g/mol. The van der Waals surface area contributed by atoms with Crippen molar-refractivity contribution in [3.05, 3.63) is 11.1 Å². The summed E-state index contributed by atoms with van der Waals surface area (Å²) in [5.74, 6) is 0. The van der Waals surface area contributed by atoms with Gasteiger partial charge in [-0.05, 0) is 32.7 Å². The summed E-state index contributed by atoms with van der Waals surface area (Å²) in [5, 5.41) is 4.44. The second-order valence-electron chi connectivity index (χ2n) is 5.23. The summed E-state index contributed by atoms with van der Waals surface area (Å²) in [6, 6.07) is 0.724. The van der Waals surface area contributed by atoms with Crippen molar-refractivity contribution in [2.45, 2.75) is 58.5 Å². The van der Waals surface area contributed by atoms with Crippen LogP contribution < -0.4 is 5.32 Å². The lowest BCUT2D eigenvalue weighted by Gasteiger charge is -2.25. The van der Waals surface area contributed by atoms with Crippen LogP contribution >= 0.6 is 11.3 Å². The Balaban J connectivity index is 1.89. The zero-order valence-corrected chi connectivity index (χ0v) is 12.4. The highest BCUT2D eigenvalue weighted by Crippen LogP contribution is 2.23. The molecule has 1 N–H and O–H groups in total. The van der Waals surface area contributed by atoms with Crippen LogP contribution in [0.1, 0.15) is 50.8 Å². The van der Waals surface area contributed by atoms with Crippen LogP contribution in [0.5, 0.6) is 0 Å². The van der Waals surface area contributed by atoms with E-state index < -0.39 is 0 Å². The van der Waals surface area contributed by atoms with E-state index in [0.29, 0.717) is 0 Å². The van der Waals surface area contributed by atoms with E-state index in [1.807, 2.05) is 17.5 Å². The lowest BCUT2D eigenvalue weighted by atomic mass is 10.1. The van der Waals surface area contributed by atoms with Gasteiger partial charge in [-0.1, -0.05) is 19.8 Å². The number of hydrogen-bond acceptors (Lipinski definition) is 4. The third-order valence-corrected chi connectivity index (χ3v) is 4.57. The lowest BCUT2D eigenvalue weighted by Crippen LogP contribution is -2.31. The van der Waals surface area contributed by atoms with Crippen LogP contribution in [0.3, 0.4) is 0 Å². The SMILES string of the molecule is CCCNc1ncc(CN2CCCCCC2C)s1. The molecule has 0 spiro atoms. The van der Waals surface area contributed by atoms with E-state index in [-0.39, 0.29) is 0 Å². The first-order valence-electron chi connectivity index (χ1n) is 7.22. The molecule has 0 amide bonds. The average molecular weight is 267 g/mol. The van der Waals surface area contributed by atoms with E-state index in [2.05, 4.69) is 29.0 Å². The summed E-state index contributed by atoms with van der Waals surface area (Å²) in [7, 11) is 0. The van der Waals surface area contributed by atoms with Gasteiger partial charge in [0.05, 0.1) is 0 Å². The Morgan fingerprint density at radius 2 is 2.33 bits per heavy atom. The Kier molecular flexibility index (Phi) is 5.45. The molecule has 1 aliphatic heterocycles. The normalized spacial score (nSPS) is 21.8. The molecule has 1 aliphatic rings. The number of nitrogens with one attached hydrogen (secondary N) is 1. The van der Waals surface area contributed by atoms with E-state index in [1.165, 1.54) is 37.1 Å². The molecule has 102 valence electrons. The maximum Gasteiger partial charge on any atom is 0.182 e. The zero-order valence-electron chi connectivity index (χ0n) is 11.6. The minimum Gasteiger partial charge on any atom is -0.362 e. The fraction of sp³-hybridized carbons (Fsp3) is 0.786. The van der Waals surface area contributed by atoms with Gasteiger partial charge in [0.15, 0.2) is 5.13 Å². The van der Waals surface area contributed by atoms with Crippen LogP contribution in [-0.4, -0.2) is 29.0 Å². The molecule has 1 unspecified atom stereocenters. The van der Waals surface area contributed by atoms with E-state index in [1.54, 1.807) is 0 Å². The van der Waals surface area contributed by atoms with Crippen LogP contribution in [0.15, 0.2) is 6.20 Å². The van der Waals surface area contributed by atoms with Gasteiger partial charge < -0.3 is 5.32 Å². The van der Waals surface area contributed by atoms with Gasteiger partial charge in [-0.2, -0.15) is 0 Å². The topological polar surface area (TPSA) is 28.2 Å².